The van der Waals surface area contributed by atoms with E-state index in [1.165, 1.54) is 6.26 Å². The number of furan rings is 1. The lowest BCUT2D eigenvalue weighted by atomic mass is 10.1. The van der Waals surface area contributed by atoms with E-state index >= 15 is 0 Å². The first-order valence-corrected chi connectivity index (χ1v) is 6.37. The predicted molar refractivity (Wildman–Crippen MR) is 64.3 cm³/mol. The summed E-state index contributed by atoms with van der Waals surface area (Å²) in [6.45, 7) is 0.524. The summed E-state index contributed by atoms with van der Waals surface area (Å²) in [6.07, 6.45) is 3.57. The van der Waals surface area contributed by atoms with Crippen LogP contribution in [0.5, 0.6) is 0 Å². The quantitative estimate of drug-likeness (QED) is 0.838. The van der Waals surface area contributed by atoms with E-state index in [4.69, 9.17) is 16.0 Å². The molecule has 2 aliphatic rings. The van der Waals surface area contributed by atoms with Crippen molar-refractivity contribution < 1.29 is 14.0 Å². The Kier molecular flexibility index (Phi) is 2.78. The van der Waals surface area contributed by atoms with Crippen molar-refractivity contribution >= 4 is 23.4 Å². The number of halogens is 1. The Morgan fingerprint density at radius 1 is 1.44 bits per heavy atom. The van der Waals surface area contributed by atoms with Crippen molar-refractivity contribution in [1.82, 2.24) is 10.2 Å². The van der Waals surface area contributed by atoms with Crippen LogP contribution in [0.3, 0.4) is 0 Å². The summed E-state index contributed by atoms with van der Waals surface area (Å²) in [5.41, 5.74) is 0.378. The van der Waals surface area contributed by atoms with E-state index in [1.807, 2.05) is 0 Å². The molecule has 1 aromatic heterocycles. The Balaban J connectivity index is 1.90. The van der Waals surface area contributed by atoms with Gasteiger partial charge in [0.1, 0.15) is 0 Å². The molecule has 18 heavy (non-hydrogen) atoms. The van der Waals surface area contributed by atoms with Crippen LogP contribution >= 0.6 is 11.6 Å². The number of nitrogens with zero attached hydrogens (tertiary/aromatic N) is 1. The van der Waals surface area contributed by atoms with Gasteiger partial charge in [-0.05, 0) is 30.5 Å². The molecule has 2 fully saturated rings. The maximum atomic E-state index is 12.4. The van der Waals surface area contributed by atoms with E-state index in [9.17, 15) is 9.59 Å². The molecule has 2 bridgehead atoms. The van der Waals surface area contributed by atoms with E-state index in [-0.39, 0.29) is 29.1 Å². The Bertz CT molecular complexity index is 499. The van der Waals surface area contributed by atoms with Gasteiger partial charge >= 0.3 is 0 Å². The SMILES string of the molecule is O=C1CC2CCC(CN1)N2C(=O)c1ccoc1Cl. The van der Waals surface area contributed by atoms with Gasteiger partial charge in [-0.2, -0.15) is 0 Å². The van der Waals surface area contributed by atoms with E-state index in [2.05, 4.69) is 5.32 Å². The molecule has 2 atom stereocenters. The third-order valence-electron chi connectivity index (χ3n) is 3.66. The summed E-state index contributed by atoms with van der Waals surface area (Å²) in [5, 5.41) is 2.95. The number of carbonyl (C=O) groups excluding carboxylic acids is 2. The molecule has 5 nitrogen and oxygen atoms in total. The first-order chi connectivity index (χ1) is 8.66. The lowest BCUT2D eigenvalue weighted by Gasteiger charge is -2.26. The van der Waals surface area contributed by atoms with Crippen LogP contribution in [-0.2, 0) is 4.79 Å². The molecule has 2 amide bonds. The van der Waals surface area contributed by atoms with Crippen molar-refractivity contribution in [3.05, 3.63) is 23.1 Å². The number of carbonyl (C=O) groups is 2. The molecule has 0 spiro atoms. The molecule has 2 saturated heterocycles. The van der Waals surface area contributed by atoms with Crippen molar-refractivity contribution in [2.45, 2.75) is 31.3 Å². The molecule has 1 aromatic rings. The molecule has 1 N–H and O–H groups in total. The van der Waals surface area contributed by atoms with Gasteiger partial charge < -0.3 is 14.6 Å². The maximum Gasteiger partial charge on any atom is 0.259 e. The highest BCUT2D eigenvalue weighted by molar-refractivity contribution is 6.32. The van der Waals surface area contributed by atoms with Crippen LogP contribution in [-0.4, -0.2) is 35.3 Å². The zero-order valence-electron chi connectivity index (χ0n) is 9.69. The average Bonchev–Trinajstić information content (AvgIpc) is 2.87. The van der Waals surface area contributed by atoms with Crippen molar-refractivity contribution in [3.8, 4) is 0 Å². The zero-order valence-corrected chi connectivity index (χ0v) is 10.4. The standard InChI is InChI=1S/C12H13ClN2O3/c13-11-9(3-4-18-11)12(17)15-7-1-2-8(15)6-14-10(16)5-7/h3-4,7-8H,1-2,5-6H2,(H,14,16). The smallest absolute Gasteiger partial charge is 0.259 e. The molecule has 3 heterocycles. The van der Waals surface area contributed by atoms with Gasteiger partial charge in [-0.3, -0.25) is 9.59 Å². The Hall–Kier alpha value is -1.49. The lowest BCUT2D eigenvalue weighted by Crippen LogP contribution is -2.42. The van der Waals surface area contributed by atoms with Crippen LogP contribution in [0.25, 0.3) is 0 Å². The van der Waals surface area contributed by atoms with E-state index in [0.717, 1.165) is 12.8 Å². The summed E-state index contributed by atoms with van der Waals surface area (Å²) in [4.78, 5) is 25.7. The zero-order chi connectivity index (χ0) is 12.7. The van der Waals surface area contributed by atoms with Crippen molar-refractivity contribution in [3.63, 3.8) is 0 Å². The number of hydrogen-bond acceptors (Lipinski definition) is 3. The highest BCUT2D eigenvalue weighted by Crippen LogP contribution is 2.31. The largest absolute Gasteiger partial charge is 0.452 e. The topological polar surface area (TPSA) is 62.6 Å². The van der Waals surface area contributed by atoms with Gasteiger partial charge in [0, 0.05) is 25.0 Å². The number of nitrogens with one attached hydrogen (secondary N) is 1. The van der Waals surface area contributed by atoms with Crippen LogP contribution in [0, 0.1) is 0 Å². The van der Waals surface area contributed by atoms with Crippen molar-refractivity contribution in [2.75, 3.05) is 6.54 Å². The molecule has 6 heteroatoms. The third kappa shape index (κ3) is 1.79. The van der Waals surface area contributed by atoms with Gasteiger partial charge in [0.15, 0.2) is 0 Å². The first-order valence-electron chi connectivity index (χ1n) is 5.99. The summed E-state index contributed by atoms with van der Waals surface area (Å²) in [7, 11) is 0. The van der Waals surface area contributed by atoms with Gasteiger partial charge in [0.05, 0.1) is 11.8 Å². The predicted octanol–water partition coefficient (Wildman–Crippen LogP) is 1.43. The second-order valence-corrected chi connectivity index (χ2v) is 5.06. The van der Waals surface area contributed by atoms with Crippen molar-refractivity contribution in [1.29, 1.82) is 0 Å². The molecule has 0 aromatic carbocycles. The van der Waals surface area contributed by atoms with E-state index in [0.29, 0.717) is 18.5 Å². The molecule has 0 radical (unpaired) electrons. The summed E-state index contributed by atoms with van der Waals surface area (Å²) in [6, 6.07) is 1.63. The summed E-state index contributed by atoms with van der Waals surface area (Å²) in [5.74, 6) is -0.129. The minimum atomic E-state index is -0.141. The highest BCUT2D eigenvalue weighted by atomic mass is 35.5. The monoisotopic (exact) mass is 268 g/mol. The van der Waals surface area contributed by atoms with Gasteiger partial charge in [0.25, 0.3) is 5.91 Å². The Labute approximate surface area is 109 Å². The maximum absolute atomic E-state index is 12.4. The normalized spacial score (nSPS) is 26.9. The Morgan fingerprint density at radius 2 is 2.22 bits per heavy atom. The third-order valence-corrected chi connectivity index (χ3v) is 3.95. The van der Waals surface area contributed by atoms with Gasteiger partial charge in [0.2, 0.25) is 11.1 Å². The molecule has 0 saturated carbocycles. The fraction of sp³-hybridized carbons (Fsp3) is 0.500. The fourth-order valence-electron chi connectivity index (χ4n) is 2.80. The van der Waals surface area contributed by atoms with Crippen LogP contribution in [0.15, 0.2) is 16.7 Å². The molecule has 2 aliphatic heterocycles. The van der Waals surface area contributed by atoms with Gasteiger partial charge in [-0.15, -0.1) is 0 Å². The fourth-order valence-corrected chi connectivity index (χ4v) is 2.99. The average molecular weight is 269 g/mol. The molecule has 96 valence electrons. The molecule has 0 aliphatic carbocycles. The molecule has 3 rings (SSSR count). The van der Waals surface area contributed by atoms with Crippen LogP contribution in [0.1, 0.15) is 29.6 Å². The minimum absolute atomic E-state index is 0.0123. The molecular formula is C12H13ClN2O3. The first kappa shape index (κ1) is 11.6. The number of hydrogen-bond donors (Lipinski definition) is 1. The molecule has 2 unspecified atom stereocenters. The van der Waals surface area contributed by atoms with E-state index < -0.39 is 0 Å². The van der Waals surface area contributed by atoms with Crippen LogP contribution < -0.4 is 5.32 Å². The Morgan fingerprint density at radius 3 is 2.94 bits per heavy atom. The van der Waals surface area contributed by atoms with Crippen LogP contribution in [0.2, 0.25) is 5.22 Å². The number of fused-ring (bicyclic) bond motifs is 2. The second-order valence-electron chi connectivity index (χ2n) is 4.71. The second kappa shape index (κ2) is 4.31. The van der Waals surface area contributed by atoms with Gasteiger partial charge in [-0.25, -0.2) is 0 Å². The number of rotatable bonds is 1. The van der Waals surface area contributed by atoms with Gasteiger partial charge in [-0.1, -0.05) is 0 Å². The summed E-state index contributed by atoms with van der Waals surface area (Å²) >= 11 is 5.84. The van der Waals surface area contributed by atoms with Crippen molar-refractivity contribution in [2.24, 2.45) is 0 Å². The number of amides is 2. The summed E-state index contributed by atoms with van der Waals surface area (Å²) < 4.78 is 4.96. The minimum Gasteiger partial charge on any atom is -0.452 e. The molecular weight excluding hydrogens is 256 g/mol. The van der Waals surface area contributed by atoms with E-state index in [1.54, 1.807) is 11.0 Å². The highest BCUT2D eigenvalue weighted by Gasteiger charge is 2.41. The lowest BCUT2D eigenvalue weighted by molar-refractivity contribution is -0.121. The van der Waals surface area contributed by atoms with Crippen LogP contribution in [0.4, 0.5) is 0 Å².